The molecule has 0 spiro atoms. The number of carbonyl (C=O) groups is 1. The molecule has 1 atom stereocenters. The average molecular weight is 446 g/mol. The van der Waals surface area contributed by atoms with Crippen molar-refractivity contribution in [2.24, 2.45) is 0 Å². The summed E-state index contributed by atoms with van der Waals surface area (Å²) in [4.78, 5) is 15.3. The molecule has 1 aliphatic rings. The Balaban J connectivity index is 1.74. The summed E-state index contributed by atoms with van der Waals surface area (Å²) in [6, 6.07) is 16.0. The molecule has 32 heavy (non-hydrogen) atoms. The summed E-state index contributed by atoms with van der Waals surface area (Å²) in [6.07, 6.45) is 3.06. The molecule has 5 heteroatoms. The van der Waals surface area contributed by atoms with Gasteiger partial charge in [-0.05, 0) is 42.0 Å². The molecule has 3 aromatic carbocycles. The van der Waals surface area contributed by atoms with Crippen molar-refractivity contribution in [1.29, 1.82) is 0 Å². The van der Waals surface area contributed by atoms with Gasteiger partial charge in [0, 0.05) is 35.4 Å². The van der Waals surface area contributed by atoms with Gasteiger partial charge in [-0.2, -0.15) is 0 Å². The summed E-state index contributed by atoms with van der Waals surface area (Å²) in [6.45, 7) is 9.34. The lowest BCUT2D eigenvalue weighted by atomic mass is 9.45. The maximum Gasteiger partial charge on any atom is 0.253 e. The zero-order valence-electron chi connectivity index (χ0n) is 19.2. The van der Waals surface area contributed by atoms with Gasteiger partial charge in [-0.3, -0.25) is 4.79 Å². The fourth-order valence-electron chi connectivity index (χ4n) is 4.61. The number of rotatable bonds is 5. The number of hydrogen-bond acceptors (Lipinski definition) is 2. The number of anilines is 1. The molecule has 0 saturated heterocycles. The lowest BCUT2D eigenvalue weighted by Gasteiger charge is -2.19. The van der Waals surface area contributed by atoms with E-state index in [-0.39, 0.29) is 17.6 Å². The maximum atomic E-state index is 13.5. The van der Waals surface area contributed by atoms with Gasteiger partial charge < -0.3 is 10.0 Å². The van der Waals surface area contributed by atoms with E-state index < -0.39 is 0 Å². The van der Waals surface area contributed by atoms with E-state index in [1.807, 2.05) is 37.3 Å². The lowest BCUT2D eigenvalue weighted by molar-refractivity contribution is -0.115. The van der Waals surface area contributed by atoms with Crippen LogP contribution in [0.2, 0.25) is 13.1 Å². The molecule has 0 saturated carbocycles. The third-order valence-corrected chi connectivity index (χ3v) is 7.14. The smallest absolute Gasteiger partial charge is 0.253 e. The van der Waals surface area contributed by atoms with Gasteiger partial charge in [0.1, 0.15) is 5.75 Å². The zero-order chi connectivity index (χ0) is 23.0. The van der Waals surface area contributed by atoms with Crippen LogP contribution in [0.4, 0.5) is 5.69 Å². The van der Waals surface area contributed by atoms with Gasteiger partial charge in [-0.1, -0.05) is 68.0 Å². The number of nitrogens with zero attached hydrogens (tertiary/aromatic N) is 1. The van der Waals surface area contributed by atoms with Gasteiger partial charge in [0.15, 0.2) is 6.71 Å². The molecular weight excluding hydrogens is 417 g/mol. The van der Waals surface area contributed by atoms with E-state index in [0.717, 1.165) is 39.5 Å². The van der Waals surface area contributed by atoms with E-state index >= 15 is 0 Å². The van der Waals surface area contributed by atoms with E-state index in [1.165, 1.54) is 5.46 Å². The van der Waals surface area contributed by atoms with E-state index in [4.69, 9.17) is 11.6 Å². The largest absolute Gasteiger partial charge is 0.507 e. The van der Waals surface area contributed by atoms with Gasteiger partial charge >= 0.3 is 0 Å². The van der Waals surface area contributed by atoms with Crippen molar-refractivity contribution in [2.45, 2.75) is 39.8 Å². The van der Waals surface area contributed by atoms with Crippen LogP contribution in [0.15, 0.2) is 54.1 Å². The quantitative estimate of drug-likeness (QED) is 0.298. The Labute approximate surface area is 195 Å². The predicted octanol–water partition coefficient (Wildman–Crippen LogP) is 5.98. The van der Waals surface area contributed by atoms with Gasteiger partial charge in [-0.25, -0.2) is 0 Å². The molecule has 0 aliphatic carbocycles. The highest BCUT2D eigenvalue weighted by molar-refractivity contribution is 6.71. The van der Waals surface area contributed by atoms with Crippen molar-refractivity contribution in [2.75, 3.05) is 17.3 Å². The van der Waals surface area contributed by atoms with Crippen LogP contribution >= 0.6 is 11.6 Å². The first kappa shape index (κ1) is 22.5. The summed E-state index contributed by atoms with van der Waals surface area (Å²) in [5, 5.41) is 12.4. The first-order chi connectivity index (χ1) is 15.3. The Morgan fingerprint density at radius 3 is 2.62 bits per heavy atom. The molecule has 1 amide bonds. The van der Waals surface area contributed by atoms with Crippen molar-refractivity contribution < 1.29 is 9.90 Å². The van der Waals surface area contributed by atoms with Crippen molar-refractivity contribution in [3.8, 4) is 5.75 Å². The van der Waals surface area contributed by atoms with Crippen molar-refractivity contribution in [3.05, 3.63) is 70.8 Å². The number of hydrogen-bond donors (Lipinski definition) is 1. The highest BCUT2D eigenvalue weighted by Gasteiger charge is 2.34. The predicted molar refractivity (Wildman–Crippen MR) is 138 cm³/mol. The number of halogens is 1. The summed E-state index contributed by atoms with van der Waals surface area (Å²) in [7, 11) is 0. The second-order valence-electron chi connectivity index (χ2n) is 8.89. The minimum Gasteiger partial charge on any atom is -0.507 e. The van der Waals surface area contributed by atoms with Gasteiger partial charge in [-0.15, -0.1) is 11.6 Å². The number of aryl methyl sites for hydroxylation is 1. The minimum absolute atomic E-state index is 0.0318. The van der Waals surface area contributed by atoms with Gasteiger partial charge in [0.25, 0.3) is 5.91 Å². The van der Waals surface area contributed by atoms with Crippen LogP contribution in [0, 0.1) is 6.92 Å². The standard InChI is InChI=1S/C27H29BClNO2/c1-5-28(4)21-11-10-17(2)19(13-21)12-18(3)27(32)30-16-20(15-29)26-23-9-7-6-8-22(23)25(31)14-24(26)30/h6-14,20,31H,5,15-16H2,1-4H3/b18-12+/t20-/m1/s1. The van der Waals surface area contributed by atoms with E-state index in [2.05, 4.69) is 38.9 Å². The molecule has 0 radical (unpaired) electrons. The third kappa shape index (κ3) is 3.93. The van der Waals surface area contributed by atoms with Crippen LogP contribution < -0.4 is 10.4 Å². The molecule has 4 rings (SSSR count). The number of phenols is 1. The number of phenolic OH excluding ortho intramolecular Hbond substituents is 1. The number of alkyl halides is 1. The Kier molecular flexibility index (Phi) is 6.34. The van der Waals surface area contributed by atoms with E-state index in [1.54, 1.807) is 11.0 Å². The summed E-state index contributed by atoms with van der Waals surface area (Å²) < 4.78 is 0. The van der Waals surface area contributed by atoms with Crippen molar-refractivity contribution in [1.82, 2.24) is 0 Å². The van der Waals surface area contributed by atoms with Crippen molar-refractivity contribution in [3.63, 3.8) is 0 Å². The maximum absolute atomic E-state index is 13.5. The number of fused-ring (bicyclic) bond motifs is 3. The molecule has 3 aromatic rings. The highest BCUT2D eigenvalue weighted by Crippen LogP contribution is 2.45. The molecule has 0 bridgehead atoms. The van der Waals surface area contributed by atoms with E-state index in [9.17, 15) is 9.90 Å². The Morgan fingerprint density at radius 1 is 1.22 bits per heavy atom. The first-order valence-electron chi connectivity index (χ1n) is 11.3. The van der Waals surface area contributed by atoms with Crippen molar-refractivity contribution >= 4 is 52.2 Å². The molecule has 0 aromatic heterocycles. The number of carbonyl (C=O) groups excluding carboxylic acids is 1. The molecule has 164 valence electrons. The molecule has 1 heterocycles. The summed E-state index contributed by atoms with van der Waals surface area (Å²) in [5.41, 5.74) is 5.98. The molecule has 3 nitrogen and oxygen atoms in total. The zero-order valence-corrected chi connectivity index (χ0v) is 19.9. The summed E-state index contributed by atoms with van der Waals surface area (Å²) >= 11 is 6.32. The highest BCUT2D eigenvalue weighted by atomic mass is 35.5. The minimum atomic E-state index is -0.0538. The van der Waals surface area contributed by atoms with Crippen LogP contribution in [-0.4, -0.2) is 30.2 Å². The van der Waals surface area contributed by atoms with Crippen LogP contribution in [-0.2, 0) is 4.79 Å². The molecule has 1 N–H and O–H groups in total. The monoisotopic (exact) mass is 445 g/mol. The molecule has 1 aliphatic heterocycles. The number of aromatic hydroxyl groups is 1. The van der Waals surface area contributed by atoms with Gasteiger partial charge in [0.05, 0.1) is 5.69 Å². The fourth-order valence-corrected chi connectivity index (χ4v) is 4.86. The average Bonchev–Trinajstić information content (AvgIpc) is 3.18. The van der Waals surface area contributed by atoms with Gasteiger partial charge in [0.2, 0.25) is 0 Å². The normalized spacial score (nSPS) is 15.8. The summed E-state index contributed by atoms with van der Waals surface area (Å²) in [5.74, 6) is 0.585. The Morgan fingerprint density at radius 2 is 1.94 bits per heavy atom. The topological polar surface area (TPSA) is 40.5 Å². The number of amides is 1. The van der Waals surface area contributed by atoms with Crippen LogP contribution in [0.5, 0.6) is 5.75 Å². The van der Waals surface area contributed by atoms with Crippen LogP contribution in [0.25, 0.3) is 16.8 Å². The molecule has 0 unspecified atom stereocenters. The lowest BCUT2D eigenvalue weighted by Crippen LogP contribution is -2.30. The van der Waals surface area contributed by atoms with Crippen LogP contribution in [0.1, 0.15) is 36.5 Å². The molecule has 0 fully saturated rings. The third-order valence-electron chi connectivity index (χ3n) is 6.77. The second-order valence-corrected chi connectivity index (χ2v) is 9.20. The number of benzene rings is 3. The first-order valence-corrected chi connectivity index (χ1v) is 11.8. The Hall–Kier alpha value is -2.72. The fraction of sp³-hybridized carbons (Fsp3) is 0.296. The van der Waals surface area contributed by atoms with E-state index in [0.29, 0.717) is 24.7 Å². The SMILES string of the molecule is CCB(C)c1ccc(C)c(/C=C(\C)C(=O)N2C[C@@H](CCl)c3c2cc(O)c2ccccc32)c1. The second kappa shape index (κ2) is 9.03. The molecular formula is C27H29BClNO2. The Bertz CT molecular complexity index is 1220. The van der Waals surface area contributed by atoms with Crippen LogP contribution in [0.3, 0.4) is 0 Å².